The fourth-order valence-electron chi connectivity index (χ4n) is 1.78. The summed E-state index contributed by atoms with van der Waals surface area (Å²) >= 11 is 0. The maximum absolute atomic E-state index is 11.5. The van der Waals surface area contributed by atoms with Crippen molar-refractivity contribution >= 4 is 12.1 Å². The number of rotatable bonds is 3. The average molecular weight is 249 g/mol. The highest BCUT2D eigenvalue weighted by atomic mass is 16.7. The van der Waals surface area contributed by atoms with Crippen molar-refractivity contribution in [3.05, 3.63) is 35.9 Å². The molecule has 96 valence electrons. The molecule has 2 rings (SSSR count). The van der Waals surface area contributed by atoms with Gasteiger partial charge >= 0.3 is 12.1 Å². The Labute approximate surface area is 105 Å². The molecule has 1 aromatic rings. The lowest BCUT2D eigenvalue weighted by Gasteiger charge is -2.09. The zero-order valence-corrected chi connectivity index (χ0v) is 9.93. The molecule has 1 fully saturated rings. The minimum absolute atomic E-state index is 0.102. The molecule has 0 radical (unpaired) electrons. The molecule has 1 atom stereocenters. The van der Waals surface area contributed by atoms with E-state index in [0.29, 0.717) is 6.42 Å². The van der Waals surface area contributed by atoms with Gasteiger partial charge < -0.3 is 14.8 Å². The second-order valence-electron chi connectivity index (χ2n) is 4.09. The molecule has 5 heteroatoms. The van der Waals surface area contributed by atoms with Gasteiger partial charge in [-0.3, -0.25) is 0 Å². The van der Waals surface area contributed by atoms with Gasteiger partial charge in [-0.1, -0.05) is 30.3 Å². The van der Waals surface area contributed by atoms with Crippen LogP contribution < -0.4 is 5.32 Å². The van der Waals surface area contributed by atoms with E-state index in [1.54, 1.807) is 0 Å². The summed E-state index contributed by atoms with van der Waals surface area (Å²) in [5.74, 6) is -0.564. The van der Waals surface area contributed by atoms with Gasteiger partial charge in [0.25, 0.3) is 0 Å². The molecular weight excluding hydrogens is 234 g/mol. The summed E-state index contributed by atoms with van der Waals surface area (Å²) in [7, 11) is 0. The maximum Gasteiger partial charge on any atom is 0.516 e. The van der Waals surface area contributed by atoms with Gasteiger partial charge in [0.2, 0.25) is 0 Å². The van der Waals surface area contributed by atoms with Crippen LogP contribution in [-0.2, 0) is 20.9 Å². The summed E-state index contributed by atoms with van der Waals surface area (Å²) < 4.78 is 9.44. The van der Waals surface area contributed by atoms with Gasteiger partial charge in [0.1, 0.15) is 12.6 Å². The van der Waals surface area contributed by atoms with Gasteiger partial charge in [-0.2, -0.15) is 0 Å². The van der Waals surface area contributed by atoms with Gasteiger partial charge in [0, 0.05) is 0 Å². The standard InChI is InChI=1S/C13H15NO4/c15-12(11-7-4-8-14-11)18-13(16)17-9-10-5-2-1-3-6-10/h1-3,5-6,11,14H,4,7-9H2/t11-/m1/s1. The first-order valence-corrected chi connectivity index (χ1v) is 5.91. The van der Waals surface area contributed by atoms with Gasteiger partial charge in [-0.25, -0.2) is 9.59 Å². The molecule has 0 bridgehead atoms. The van der Waals surface area contributed by atoms with E-state index in [1.807, 2.05) is 30.3 Å². The van der Waals surface area contributed by atoms with E-state index in [1.165, 1.54) is 0 Å². The zero-order valence-electron chi connectivity index (χ0n) is 9.93. The summed E-state index contributed by atoms with van der Waals surface area (Å²) in [6.45, 7) is 0.879. The fourth-order valence-corrected chi connectivity index (χ4v) is 1.78. The Hall–Kier alpha value is -1.88. The van der Waals surface area contributed by atoms with Gasteiger partial charge in [0.05, 0.1) is 0 Å². The molecule has 0 aliphatic carbocycles. The molecule has 1 aliphatic rings. The minimum atomic E-state index is -0.947. The van der Waals surface area contributed by atoms with E-state index in [2.05, 4.69) is 10.1 Å². The van der Waals surface area contributed by atoms with Crippen LogP contribution in [0.3, 0.4) is 0 Å². The van der Waals surface area contributed by atoms with E-state index in [-0.39, 0.29) is 12.6 Å². The Bertz CT molecular complexity index is 412. The Morgan fingerprint density at radius 3 is 2.72 bits per heavy atom. The first-order valence-electron chi connectivity index (χ1n) is 5.91. The SMILES string of the molecule is O=C(OCc1ccccc1)OC(=O)[C@H]1CCCN1. The molecule has 1 aliphatic heterocycles. The second-order valence-corrected chi connectivity index (χ2v) is 4.09. The molecule has 0 spiro atoms. The second kappa shape index (κ2) is 6.16. The van der Waals surface area contributed by atoms with Crippen LogP contribution in [0.1, 0.15) is 18.4 Å². The predicted molar refractivity (Wildman–Crippen MR) is 63.7 cm³/mol. The lowest BCUT2D eigenvalue weighted by Crippen LogP contribution is -2.33. The highest BCUT2D eigenvalue weighted by Gasteiger charge is 2.26. The van der Waals surface area contributed by atoms with Gasteiger partial charge in [-0.15, -0.1) is 0 Å². The van der Waals surface area contributed by atoms with Crippen molar-refractivity contribution in [3.63, 3.8) is 0 Å². The summed E-state index contributed by atoms with van der Waals surface area (Å²) in [5.41, 5.74) is 0.848. The summed E-state index contributed by atoms with van der Waals surface area (Å²) in [4.78, 5) is 22.8. The Balaban J connectivity index is 1.73. The van der Waals surface area contributed by atoms with Crippen molar-refractivity contribution in [2.45, 2.75) is 25.5 Å². The monoisotopic (exact) mass is 249 g/mol. The Morgan fingerprint density at radius 2 is 2.06 bits per heavy atom. The molecule has 1 saturated heterocycles. The van der Waals surface area contributed by atoms with E-state index >= 15 is 0 Å². The fraction of sp³-hybridized carbons (Fsp3) is 0.385. The molecule has 1 aromatic carbocycles. The summed E-state index contributed by atoms with van der Waals surface area (Å²) in [5, 5.41) is 2.95. The first kappa shape index (κ1) is 12.6. The predicted octanol–water partition coefficient (Wildman–Crippen LogP) is 1.62. The smallest absolute Gasteiger partial charge is 0.429 e. The van der Waals surface area contributed by atoms with Crippen molar-refractivity contribution in [3.8, 4) is 0 Å². The quantitative estimate of drug-likeness (QED) is 0.651. The van der Waals surface area contributed by atoms with Crippen molar-refractivity contribution in [1.29, 1.82) is 0 Å². The van der Waals surface area contributed by atoms with Crippen LogP contribution >= 0.6 is 0 Å². The first-order chi connectivity index (χ1) is 8.75. The largest absolute Gasteiger partial charge is 0.516 e. The number of hydrogen-bond donors (Lipinski definition) is 1. The zero-order chi connectivity index (χ0) is 12.8. The minimum Gasteiger partial charge on any atom is -0.429 e. The summed E-state index contributed by atoms with van der Waals surface area (Å²) in [6, 6.07) is 8.84. The highest BCUT2D eigenvalue weighted by Crippen LogP contribution is 2.08. The van der Waals surface area contributed by atoms with Crippen molar-refractivity contribution in [2.24, 2.45) is 0 Å². The molecule has 1 N–H and O–H groups in total. The van der Waals surface area contributed by atoms with E-state index in [0.717, 1.165) is 18.5 Å². The summed E-state index contributed by atoms with van der Waals surface area (Å²) in [6.07, 6.45) is 0.668. The topological polar surface area (TPSA) is 64.6 Å². The average Bonchev–Trinajstić information content (AvgIpc) is 2.91. The van der Waals surface area contributed by atoms with Crippen LogP contribution in [0, 0.1) is 0 Å². The molecule has 0 amide bonds. The van der Waals surface area contributed by atoms with E-state index in [4.69, 9.17) is 4.74 Å². The number of carbonyl (C=O) groups is 2. The molecule has 18 heavy (non-hydrogen) atoms. The number of carbonyl (C=O) groups excluding carboxylic acids is 2. The van der Waals surface area contributed by atoms with Crippen LogP contribution in [-0.4, -0.2) is 24.7 Å². The maximum atomic E-state index is 11.5. The third-order valence-corrected chi connectivity index (χ3v) is 2.73. The number of benzene rings is 1. The number of esters is 1. The van der Waals surface area contributed by atoms with Crippen molar-refractivity contribution in [2.75, 3.05) is 6.54 Å². The van der Waals surface area contributed by atoms with Crippen LogP contribution in [0.5, 0.6) is 0 Å². The van der Waals surface area contributed by atoms with Crippen molar-refractivity contribution in [1.82, 2.24) is 5.32 Å². The van der Waals surface area contributed by atoms with E-state index < -0.39 is 12.1 Å². The number of ether oxygens (including phenoxy) is 2. The molecule has 5 nitrogen and oxygen atoms in total. The normalized spacial score (nSPS) is 18.3. The molecule has 0 aromatic heterocycles. The molecular formula is C13H15NO4. The Kier molecular flexibility index (Phi) is 4.30. The van der Waals surface area contributed by atoms with Crippen molar-refractivity contribution < 1.29 is 19.1 Å². The lowest BCUT2D eigenvalue weighted by molar-refractivity contribution is -0.142. The highest BCUT2D eigenvalue weighted by molar-refractivity contribution is 5.85. The molecule has 0 unspecified atom stereocenters. The van der Waals surface area contributed by atoms with Crippen LogP contribution in [0.15, 0.2) is 30.3 Å². The van der Waals surface area contributed by atoms with Gasteiger partial charge in [-0.05, 0) is 24.9 Å². The molecule has 1 heterocycles. The third kappa shape index (κ3) is 3.56. The van der Waals surface area contributed by atoms with Crippen LogP contribution in [0.25, 0.3) is 0 Å². The third-order valence-electron chi connectivity index (χ3n) is 2.73. The lowest BCUT2D eigenvalue weighted by atomic mass is 10.2. The van der Waals surface area contributed by atoms with Crippen LogP contribution in [0.2, 0.25) is 0 Å². The molecule has 0 saturated carbocycles. The van der Waals surface area contributed by atoms with Crippen LogP contribution in [0.4, 0.5) is 4.79 Å². The Morgan fingerprint density at radius 1 is 1.28 bits per heavy atom. The number of hydrogen-bond acceptors (Lipinski definition) is 5. The number of nitrogens with one attached hydrogen (secondary N) is 1. The van der Waals surface area contributed by atoms with E-state index in [9.17, 15) is 9.59 Å². The van der Waals surface area contributed by atoms with Gasteiger partial charge in [0.15, 0.2) is 0 Å².